The molecule has 1 N–H and O–H groups in total. The van der Waals surface area contributed by atoms with E-state index in [9.17, 15) is 9.59 Å². The van der Waals surface area contributed by atoms with Crippen LogP contribution in [0.5, 0.6) is 0 Å². The predicted octanol–water partition coefficient (Wildman–Crippen LogP) is 4.25. The lowest BCUT2D eigenvalue weighted by molar-refractivity contribution is -0.116. The number of halogens is 1. The lowest BCUT2D eigenvalue weighted by Crippen LogP contribution is -2.37. The maximum atomic E-state index is 13.0. The summed E-state index contributed by atoms with van der Waals surface area (Å²) in [5.74, 6) is -0.325. The van der Waals surface area contributed by atoms with Crippen molar-refractivity contribution in [2.45, 2.75) is 6.54 Å². The minimum absolute atomic E-state index is 0.145. The number of nitrogens with one attached hydrogen (secondary N) is 1. The molecule has 4 aromatic rings. The Kier molecular flexibility index (Phi) is 6.13. The van der Waals surface area contributed by atoms with E-state index in [4.69, 9.17) is 16.3 Å². The van der Waals surface area contributed by atoms with Crippen LogP contribution in [-0.2, 0) is 16.1 Å². The molecule has 0 aliphatic carbocycles. The molecule has 1 aliphatic rings. The lowest BCUT2D eigenvalue weighted by atomic mass is 10.2. The van der Waals surface area contributed by atoms with Crippen LogP contribution in [0.3, 0.4) is 0 Å². The zero-order valence-electron chi connectivity index (χ0n) is 17.7. The van der Waals surface area contributed by atoms with Crippen LogP contribution in [-0.4, -0.2) is 41.8 Å². The van der Waals surface area contributed by atoms with E-state index < -0.39 is 0 Å². The second kappa shape index (κ2) is 9.35. The van der Waals surface area contributed by atoms with Crippen molar-refractivity contribution in [3.63, 3.8) is 0 Å². The summed E-state index contributed by atoms with van der Waals surface area (Å²) in [5.41, 5.74) is 2.27. The van der Waals surface area contributed by atoms with Gasteiger partial charge in [0.05, 0.1) is 36.3 Å². The van der Waals surface area contributed by atoms with Crippen LogP contribution in [0.15, 0.2) is 65.7 Å². The van der Waals surface area contributed by atoms with Gasteiger partial charge in [-0.25, -0.2) is 4.98 Å². The Morgan fingerprint density at radius 2 is 1.91 bits per heavy atom. The highest BCUT2D eigenvalue weighted by Crippen LogP contribution is 2.31. The van der Waals surface area contributed by atoms with Gasteiger partial charge in [-0.3, -0.25) is 14.2 Å². The fourth-order valence-electron chi connectivity index (χ4n) is 3.85. The van der Waals surface area contributed by atoms with Crippen LogP contribution in [0.1, 0.15) is 0 Å². The quantitative estimate of drug-likeness (QED) is 0.462. The van der Waals surface area contributed by atoms with Gasteiger partial charge in [-0.05, 0) is 29.8 Å². The Balaban J connectivity index is 1.38. The zero-order valence-corrected chi connectivity index (χ0v) is 19.2. The van der Waals surface area contributed by atoms with Crippen LogP contribution in [0, 0.1) is 0 Å². The highest BCUT2D eigenvalue weighted by atomic mass is 35.5. The minimum Gasteiger partial charge on any atom is -0.378 e. The standard InChI is InChI=1S/C24H21ClN4O3S/c25-17-6-7-20(28-8-10-32-11-9-28)19(12-17)27-22(30)14-29-15-26-23-18(24(29)31)13-21(33-23)16-4-2-1-3-5-16/h1-7,12-13,15H,8-11,14H2,(H,27,30). The molecule has 0 spiro atoms. The summed E-state index contributed by atoms with van der Waals surface area (Å²) in [6, 6.07) is 17.1. The van der Waals surface area contributed by atoms with Gasteiger partial charge in [-0.1, -0.05) is 41.9 Å². The van der Waals surface area contributed by atoms with Gasteiger partial charge in [0, 0.05) is 23.0 Å². The molecule has 0 radical (unpaired) electrons. The van der Waals surface area contributed by atoms with Crippen LogP contribution < -0.4 is 15.8 Å². The Labute approximate surface area is 199 Å². The van der Waals surface area contributed by atoms with Gasteiger partial charge >= 0.3 is 0 Å². The number of nitrogens with zero attached hydrogens (tertiary/aromatic N) is 3. The third-order valence-electron chi connectivity index (χ3n) is 5.47. The molecule has 1 amide bonds. The second-order valence-corrected chi connectivity index (χ2v) is 9.15. The van der Waals surface area contributed by atoms with Crippen LogP contribution in [0.4, 0.5) is 11.4 Å². The van der Waals surface area contributed by atoms with E-state index in [1.54, 1.807) is 12.1 Å². The number of morpholine rings is 1. The average Bonchev–Trinajstić information content (AvgIpc) is 3.28. The van der Waals surface area contributed by atoms with Gasteiger partial charge in [-0.15, -0.1) is 11.3 Å². The monoisotopic (exact) mass is 480 g/mol. The number of carbonyl (C=O) groups is 1. The largest absolute Gasteiger partial charge is 0.378 e. The summed E-state index contributed by atoms with van der Waals surface area (Å²) >= 11 is 7.64. The molecule has 9 heteroatoms. The molecule has 168 valence electrons. The van der Waals surface area contributed by atoms with Crippen molar-refractivity contribution in [2.75, 3.05) is 36.5 Å². The highest BCUT2D eigenvalue weighted by Gasteiger charge is 2.18. The Morgan fingerprint density at radius 1 is 1.12 bits per heavy atom. The predicted molar refractivity (Wildman–Crippen MR) is 132 cm³/mol. The van der Waals surface area contributed by atoms with Crippen LogP contribution in [0.2, 0.25) is 5.02 Å². The number of benzene rings is 2. The highest BCUT2D eigenvalue weighted by molar-refractivity contribution is 7.21. The van der Waals surface area contributed by atoms with Gasteiger partial charge in [0.15, 0.2) is 0 Å². The molecule has 0 unspecified atom stereocenters. The number of rotatable bonds is 5. The summed E-state index contributed by atoms with van der Waals surface area (Å²) in [5, 5.41) is 3.94. The van der Waals surface area contributed by atoms with Crippen molar-refractivity contribution in [1.29, 1.82) is 0 Å². The Morgan fingerprint density at radius 3 is 2.70 bits per heavy atom. The molecule has 3 heterocycles. The fourth-order valence-corrected chi connectivity index (χ4v) is 5.02. The Hall–Kier alpha value is -3.20. The number of ether oxygens (including phenoxy) is 1. The maximum Gasteiger partial charge on any atom is 0.262 e. The van der Waals surface area contributed by atoms with E-state index in [0.717, 1.165) is 29.2 Å². The number of aromatic nitrogens is 2. The van der Waals surface area contributed by atoms with Crippen molar-refractivity contribution < 1.29 is 9.53 Å². The van der Waals surface area contributed by atoms with Crippen molar-refractivity contribution >= 4 is 50.4 Å². The van der Waals surface area contributed by atoms with Crippen molar-refractivity contribution in [1.82, 2.24) is 9.55 Å². The third-order valence-corrected chi connectivity index (χ3v) is 6.80. The number of fused-ring (bicyclic) bond motifs is 1. The van der Waals surface area contributed by atoms with E-state index in [-0.39, 0.29) is 18.0 Å². The van der Waals surface area contributed by atoms with Crippen LogP contribution >= 0.6 is 22.9 Å². The summed E-state index contributed by atoms with van der Waals surface area (Å²) in [4.78, 5) is 34.1. The fraction of sp³-hybridized carbons (Fsp3) is 0.208. The summed E-state index contributed by atoms with van der Waals surface area (Å²) < 4.78 is 6.76. The van der Waals surface area contributed by atoms with E-state index in [0.29, 0.717) is 34.1 Å². The van der Waals surface area contributed by atoms with Gasteiger partial charge in [0.25, 0.3) is 5.56 Å². The SMILES string of the molecule is O=C(Cn1cnc2sc(-c3ccccc3)cc2c1=O)Nc1cc(Cl)ccc1N1CCOCC1. The number of carbonyl (C=O) groups excluding carboxylic acids is 1. The van der Waals surface area contributed by atoms with E-state index >= 15 is 0 Å². The van der Waals surface area contributed by atoms with Gasteiger partial charge in [-0.2, -0.15) is 0 Å². The first kappa shape index (κ1) is 21.6. The molecule has 33 heavy (non-hydrogen) atoms. The molecule has 0 saturated carbocycles. The minimum atomic E-state index is -0.325. The van der Waals surface area contributed by atoms with Gasteiger partial charge in [0.2, 0.25) is 5.91 Å². The smallest absolute Gasteiger partial charge is 0.262 e. The first-order chi connectivity index (χ1) is 16.1. The molecule has 1 saturated heterocycles. The summed E-state index contributed by atoms with van der Waals surface area (Å²) in [6.45, 7) is 2.57. The van der Waals surface area contributed by atoms with E-state index in [1.165, 1.54) is 22.2 Å². The molecule has 5 rings (SSSR count). The number of thiophene rings is 1. The molecule has 0 atom stereocenters. The molecule has 1 fully saturated rings. The maximum absolute atomic E-state index is 13.0. The van der Waals surface area contributed by atoms with E-state index in [1.807, 2.05) is 42.5 Å². The average molecular weight is 481 g/mol. The summed E-state index contributed by atoms with van der Waals surface area (Å²) in [7, 11) is 0. The lowest BCUT2D eigenvalue weighted by Gasteiger charge is -2.30. The molecular weight excluding hydrogens is 460 g/mol. The molecule has 1 aliphatic heterocycles. The van der Waals surface area contributed by atoms with Gasteiger partial charge in [0.1, 0.15) is 11.4 Å². The number of anilines is 2. The van der Waals surface area contributed by atoms with Crippen molar-refractivity contribution in [2.24, 2.45) is 0 Å². The Bertz CT molecular complexity index is 1360. The number of hydrogen-bond donors (Lipinski definition) is 1. The van der Waals surface area contributed by atoms with Crippen LogP contribution in [0.25, 0.3) is 20.7 Å². The zero-order chi connectivity index (χ0) is 22.8. The van der Waals surface area contributed by atoms with Crippen molar-refractivity contribution in [3.8, 4) is 10.4 Å². The normalized spacial score (nSPS) is 13.9. The second-order valence-electron chi connectivity index (χ2n) is 7.68. The van der Waals surface area contributed by atoms with Gasteiger partial charge < -0.3 is 15.0 Å². The molecule has 0 bridgehead atoms. The molecule has 7 nitrogen and oxygen atoms in total. The third kappa shape index (κ3) is 4.64. The van der Waals surface area contributed by atoms with Crippen molar-refractivity contribution in [3.05, 3.63) is 76.3 Å². The van der Waals surface area contributed by atoms with E-state index in [2.05, 4.69) is 15.2 Å². The topological polar surface area (TPSA) is 76.5 Å². The molecule has 2 aromatic carbocycles. The number of hydrogen-bond acceptors (Lipinski definition) is 6. The molecule has 2 aromatic heterocycles. The molecular formula is C24H21ClN4O3S. The first-order valence-corrected chi connectivity index (χ1v) is 11.7. The number of amides is 1. The first-order valence-electron chi connectivity index (χ1n) is 10.5. The summed E-state index contributed by atoms with van der Waals surface area (Å²) in [6.07, 6.45) is 1.43.